The third-order valence-corrected chi connectivity index (χ3v) is 24.8. The monoisotopic (exact) mass is 1410 g/mol. The van der Waals surface area contributed by atoms with Crippen molar-refractivity contribution >= 4 is 30.3 Å². The molecule has 9 fully saturated rings. The van der Waals surface area contributed by atoms with E-state index in [1.165, 1.54) is 27.0 Å². The molecule has 5 heterocycles. The van der Waals surface area contributed by atoms with Crippen molar-refractivity contribution in [1.29, 1.82) is 0 Å². The second-order valence-corrected chi connectivity index (χ2v) is 30.9. The average Bonchev–Trinajstić information content (AvgIpc) is 0.671. The van der Waals surface area contributed by atoms with E-state index in [0.717, 1.165) is 17.9 Å². The summed E-state index contributed by atoms with van der Waals surface area (Å²) in [6, 6.07) is 6.81. The number of aliphatic carboxylic acids is 1. The van der Waals surface area contributed by atoms with Crippen molar-refractivity contribution in [2.45, 2.75) is 273 Å². The first-order valence-corrected chi connectivity index (χ1v) is 34.3. The number of carboxylic acid groups (broad SMARTS) is 1. The van der Waals surface area contributed by atoms with E-state index in [1.807, 2.05) is 0 Å². The molecule has 0 unspecified atom stereocenters. The summed E-state index contributed by atoms with van der Waals surface area (Å²) in [6.07, 6.45) is -37.0. The fourth-order valence-electron chi connectivity index (χ4n) is 18.7. The number of rotatable bonds is 17. The number of aldehydes is 1. The Morgan fingerprint density at radius 1 is 0.606 bits per heavy atom. The molecule has 0 bridgehead atoms. The first-order chi connectivity index (χ1) is 46.5. The van der Waals surface area contributed by atoms with Gasteiger partial charge in [0.1, 0.15) is 103 Å². The van der Waals surface area contributed by atoms with Gasteiger partial charge >= 0.3 is 17.9 Å². The van der Waals surface area contributed by atoms with Crippen LogP contribution in [0.15, 0.2) is 42.0 Å². The standard InChI is InChI=1S/C69H100O30/c1-29-42(75)45(78)48(81)59(90-29)97-55-50(83)52(94-41(74)17-12-31-10-13-32(88-9)14-11-31)30(2)91-61(55)99-63(87)69-23-22-64(3,4)24-34(69)33-15-16-38-65(5)20-19-40(66(6,28-71)37(65)18-21-67(38,7)68(33,8)25-39(69)73)93-62-56(98-60-49(82)46(79)44(77)36(26-70)92-60)53(51(84)54(96-62)57(85)86)95-58-47(80)43(76)35(72)27-89-58/h10-15,17,28-30,34-40,42-56,58-62,70,72-73,75-84H,16,18-27H2,1-9H3,(H,85,86)/t29-,30+,34-,35-,36+,37+,38-,39-,40-,42-,43-,44-,45-,46-,47+,48+,49-,50-,51+,52+,53+,54-,55+,56-,58-,59+,60-,61-,62+,65-,66-,67-,68+,69-/m0/s1. The average molecular weight is 1410 g/mol. The molecule has 30 nitrogen and oxygen atoms in total. The van der Waals surface area contributed by atoms with Crippen molar-refractivity contribution in [3.05, 3.63) is 47.6 Å². The predicted molar refractivity (Wildman–Crippen MR) is 335 cm³/mol. The number of carboxylic acids is 1. The van der Waals surface area contributed by atoms with Gasteiger partial charge in [-0.25, -0.2) is 9.59 Å². The van der Waals surface area contributed by atoms with Gasteiger partial charge in [0.25, 0.3) is 0 Å². The fourth-order valence-corrected chi connectivity index (χ4v) is 18.7. The highest BCUT2D eigenvalue weighted by atomic mass is 16.8. The molecule has 0 aromatic heterocycles. The molecule has 4 saturated carbocycles. The Morgan fingerprint density at radius 2 is 1.24 bits per heavy atom. The molecule has 1 aromatic rings. The zero-order valence-electron chi connectivity index (χ0n) is 56.9. The molecule has 99 heavy (non-hydrogen) atoms. The molecule has 5 saturated heterocycles. The number of ether oxygens (including phenoxy) is 12. The lowest BCUT2D eigenvalue weighted by Gasteiger charge is -2.71. The molecule has 556 valence electrons. The Balaban J connectivity index is 0.875. The minimum atomic E-state index is -2.21. The van der Waals surface area contributed by atoms with Crippen LogP contribution in [-0.4, -0.2) is 276 Å². The van der Waals surface area contributed by atoms with Crippen molar-refractivity contribution in [3.63, 3.8) is 0 Å². The van der Waals surface area contributed by atoms with Gasteiger partial charge in [-0.2, -0.15) is 0 Å². The molecule has 1 aromatic carbocycles. The summed E-state index contributed by atoms with van der Waals surface area (Å²) in [5.74, 6) is -4.21. The van der Waals surface area contributed by atoms with E-state index in [2.05, 4.69) is 40.7 Å². The van der Waals surface area contributed by atoms with Gasteiger partial charge in [-0.1, -0.05) is 65.3 Å². The van der Waals surface area contributed by atoms with Crippen molar-refractivity contribution < 1.29 is 148 Å². The molecule has 0 spiro atoms. The molecule has 11 rings (SSSR count). The molecule has 10 aliphatic rings. The summed E-state index contributed by atoms with van der Waals surface area (Å²) < 4.78 is 72.1. The maximum Gasteiger partial charge on any atom is 0.335 e. The maximum atomic E-state index is 15.8. The lowest BCUT2D eigenvalue weighted by molar-refractivity contribution is -0.391. The van der Waals surface area contributed by atoms with E-state index < -0.39 is 230 Å². The Labute approximate surface area is 572 Å². The van der Waals surface area contributed by atoms with Gasteiger partial charge in [0.15, 0.2) is 43.5 Å². The van der Waals surface area contributed by atoms with Crippen LogP contribution >= 0.6 is 0 Å². The van der Waals surface area contributed by atoms with E-state index in [4.69, 9.17) is 56.8 Å². The number of hydrogen-bond donors (Lipinski definition) is 14. The van der Waals surface area contributed by atoms with Gasteiger partial charge in [-0.05, 0) is 135 Å². The second-order valence-electron chi connectivity index (χ2n) is 30.9. The van der Waals surface area contributed by atoms with E-state index >= 15 is 4.79 Å². The van der Waals surface area contributed by atoms with Crippen LogP contribution < -0.4 is 4.74 Å². The van der Waals surface area contributed by atoms with Gasteiger partial charge in [-0.3, -0.25) is 4.79 Å². The first kappa shape index (κ1) is 75.8. The van der Waals surface area contributed by atoms with E-state index in [-0.39, 0.29) is 30.6 Å². The molecule has 30 heteroatoms. The van der Waals surface area contributed by atoms with Gasteiger partial charge < -0.3 is 133 Å². The zero-order chi connectivity index (χ0) is 72.1. The SMILES string of the molecule is COc1ccc(C=CC(=O)O[C@H]2[C@H](O)[C@@H](O[C@H]3O[C@@H](C)[C@H](O)[C@H](O)[C@H]3O)[C@H](OC(=O)[C@@]34CCC(C)(C)C[C@H]3C3=CC[C@H]5[C@@]6(C)CC[C@H](O[C@@H]7O[C@H](C(=O)O)[C@H](O)[C@@H](O[C@@H]8OC[C@H](O)[C@H](O)[C@H]8O)[C@@H]7O[C@@H]7O[C@H](CO)[C@H](O)[C@H](O)[C@@H]7O)[C@@](C)(C=O)[C@@H]6CC[C@]5(C)[C@]3(C)C[C@@H]4O)O[C@@H]2C)cc1. The van der Waals surface area contributed by atoms with Crippen LogP contribution in [-0.2, 0) is 71.3 Å². The van der Waals surface area contributed by atoms with Gasteiger partial charge in [0.05, 0.1) is 50.2 Å². The van der Waals surface area contributed by atoms with E-state index in [1.54, 1.807) is 31.2 Å². The number of allylic oxidation sites excluding steroid dienone is 2. The molecular formula is C69H100O30. The fraction of sp³-hybridized carbons (Fsp3) is 0.797. The topological polar surface area (TPSA) is 462 Å². The molecule has 5 aliphatic heterocycles. The minimum Gasteiger partial charge on any atom is -0.497 e. The summed E-state index contributed by atoms with van der Waals surface area (Å²) in [7, 11) is 1.52. The van der Waals surface area contributed by atoms with Crippen molar-refractivity contribution in [2.75, 3.05) is 20.3 Å². The molecule has 5 aliphatic carbocycles. The summed E-state index contributed by atoms with van der Waals surface area (Å²) >= 11 is 0. The summed E-state index contributed by atoms with van der Waals surface area (Å²) in [6.45, 7) is 13.8. The summed E-state index contributed by atoms with van der Waals surface area (Å²) in [5, 5.41) is 155. The maximum absolute atomic E-state index is 15.8. The Kier molecular flexibility index (Phi) is 21.9. The number of methoxy groups -OCH3 is 1. The van der Waals surface area contributed by atoms with Gasteiger partial charge in [0.2, 0.25) is 6.29 Å². The van der Waals surface area contributed by atoms with E-state index in [0.29, 0.717) is 49.8 Å². The Hall–Kier alpha value is -4.30. The Bertz CT molecular complexity index is 3110. The number of fused-ring (bicyclic) bond motifs is 7. The normalized spacial score (nSPS) is 49.7. The van der Waals surface area contributed by atoms with Crippen molar-refractivity contribution in [1.82, 2.24) is 0 Å². The van der Waals surface area contributed by atoms with Gasteiger partial charge in [-0.15, -0.1) is 0 Å². The van der Waals surface area contributed by atoms with Crippen LogP contribution in [0.25, 0.3) is 6.08 Å². The highest BCUT2D eigenvalue weighted by Crippen LogP contribution is 2.76. The Morgan fingerprint density at radius 3 is 1.90 bits per heavy atom. The van der Waals surface area contributed by atoms with Crippen LogP contribution in [0.1, 0.15) is 119 Å². The second kappa shape index (κ2) is 28.6. The smallest absolute Gasteiger partial charge is 0.335 e. The van der Waals surface area contributed by atoms with Crippen LogP contribution in [0.4, 0.5) is 0 Å². The number of esters is 2. The molecule has 0 amide bonds. The van der Waals surface area contributed by atoms with Crippen LogP contribution in [0, 0.1) is 50.2 Å². The highest BCUT2D eigenvalue weighted by molar-refractivity contribution is 5.87. The number of hydrogen-bond acceptors (Lipinski definition) is 29. The third-order valence-electron chi connectivity index (χ3n) is 24.8. The number of carbonyl (C=O) groups is 4. The molecule has 34 atom stereocenters. The number of aliphatic hydroxyl groups is 13. The lowest BCUT2D eigenvalue weighted by Crippen LogP contribution is -2.69. The molecular weight excluding hydrogens is 1310 g/mol. The quantitative estimate of drug-likeness (QED) is 0.0292. The largest absolute Gasteiger partial charge is 0.497 e. The lowest BCUT2D eigenvalue weighted by atomic mass is 9.33. The number of benzene rings is 1. The van der Waals surface area contributed by atoms with Crippen molar-refractivity contribution in [2.24, 2.45) is 50.2 Å². The highest BCUT2D eigenvalue weighted by Gasteiger charge is 2.73. The number of carbonyl (C=O) groups excluding carboxylic acids is 3. The summed E-state index contributed by atoms with van der Waals surface area (Å²) in [5.41, 5.74) is -4.00. The third kappa shape index (κ3) is 13.3. The first-order valence-electron chi connectivity index (χ1n) is 34.3. The van der Waals surface area contributed by atoms with Gasteiger partial charge in [0, 0.05) is 6.08 Å². The van der Waals surface area contributed by atoms with Crippen molar-refractivity contribution in [3.8, 4) is 5.75 Å². The zero-order valence-corrected chi connectivity index (χ0v) is 56.9. The van der Waals surface area contributed by atoms with Crippen LogP contribution in [0.2, 0.25) is 0 Å². The summed E-state index contributed by atoms with van der Waals surface area (Å²) in [4.78, 5) is 56.5. The molecule has 14 N–H and O–H groups in total. The van der Waals surface area contributed by atoms with Crippen LogP contribution in [0.3, 0.4) is 0 Å². The minimum absolute atomic E-state index is 0.0687. The van der Waals surface area contributed by atoms with Crippen LogP contribution in [0.5, 0.6) is 5.75 Å². The van der Waals surface area contributed by atoms with E-state index in [9.17, 15) is 85.9 Å². The predicted octanol–water partition coefficient (Wildman–Crippen LogP) is -1.00. The molecule has 0 radical (unpaired) electrons. The number of aliphatic hydroxyl groups excluding tert-OH is 13.